The topological polar surface area (TPSA) is 69.6 Å². The second-order valence-electron chi connectivity index (χ2n) is 7.68. The van der Waals surface area contributed by atoms with Crippen LogP contribution in [-0.4, -0.2) is 70.8 Å². The number of hydrogen-bond donors (Lipinski definition) is 0. The number of piperazine rings is 1. The minimum absolute atomic E-state index is 0. The lowest BCUT2D eigenvalue weighted by Crippen LogP contribution is -2.48. The van der Waals surface area contributed by atoms with Crippen molar-refractivity contribution in [1.82, 2.24) is 19.8 Å². The lowest BCUT2D eigenvalue weighted by atomic mass is 9.76. The van der Waals surface area contributed by atoms with Crippen LogP contribution in [0.2, 0.25) is 0 Å². The summed E-state index contributed by atoms with van der Waals surface area (Å²) in [5.41, 5.74) is -0.538. The van der Waals surface area contributed by atoms with Crippen molar-refractivity contribution in [2.24, 2.45) is 5.41 Å². The number of anilines is 1. The Morgan fingerprint density at radius 1 is 0.931 bits per heavy atom. The molecule has 7 nitrogen and oxygen atoms in total. The third-order valence-corrected chi connectivity index (χ3v) is 5.77. The van der Waals surface area contributed by atoms with Crippen LogP contribution in [0, 0.1) is 5.41 Å². The van der Waals surface area contributed by atoms with Crippen LogP contribution in [0.25, 0.3) is 0 Å². The molecule has 2 amide bonds. The molecule has 1 saturated carbocycles. The van der Waals surface area contributed by atoms with E-state index < -0.39 is 43.0 Å². The van der Waals surface area contributed by atoms with Crippen molar-refractivity contribution in [3.05, 3.63) is 18.5 Å². The van der Waals surface area contributed by atoms with Gasteiger partial charge in [-0.25, -0.2) is 9.97 Å². The zero-order chi connectivity index (χ0) is 26.6. The Kier molecular flexibility index (Phi) is 4.60. The van der Waals surface area contributed by atoms with Gasteiger partial charge in [-0.3, -0.25) is 19.4 Å². The quantitative estimate of drug-likeness (QED) is 0.647. The summed E-state index contributed by atoms with van der Waals surface area (Å²) in [4.78, 5) is 37.3. The van der Waals surface area contributed by atoms with Crippen LogP contribution < -0.4 is 4.90 Å². The lowest BCUT2D eigenvalue weighted by molar-refractivity contribution is -0.153. The van der Waals surface area contributed by atoms with Gasteiger partial charge in [0.15, 0.2) is 0 Å². The molecule has 0 radical (unpaired) electrons. The van der Waals surface area contributed by atoms with E-state index in [1.54, 1.807) is 23.4 Å². The van der Waals surface area contributed by atoms with Crippen LogP contribution in [0.15, 0.2) is 18.5 Å². The van der Waals surface area contributed by atoms with Gasteiger partial charge in [-0.15, -0.1) is 12.4 Å². The minimum atomic E-state index is -3.56. The summed E-state index contributed by atoms with van der Waals surface area (Å²) in [6, 6.07) is 1.66. The molecule has 2 saturated heterocycles. The summed E-state index contributed by atoms with van der Waals surface area (Å²) in [5, 5.41) is 0. The number of rotatable bonds is 6. The smallest absolute Gasteiger partial charge is 0.229 e. The van der Waals surface area contributed by atoms with Gasteiger partial charge in [0.25, 0.3) is 0 Å². The van der Waals surface area contributed by atoms with E-state index >= 15 is 0 Å². The van der Waals surface area contributed by atoms with Gasteiger partial charge in [0, 0.05) is 68.9 Å². The fourth-order valence-corrected chi connectivity index (χ4v) is 4.27. The summed E-state index contributed by atoms with van der Waals surface area (Å²) in [5.74, 6) is -1.32. The van der Waals surface area contributed by atoms with E-state index in [9.17, 15) is 9.59 Å². The van der Waals surface area contributed by atoms with Crippen molar-refractivity contribution < 1.29 is 20.6 Å². The zero-order valence-corrected chi connectivity index (χ0v) is 17.1. The predicted octanol–water partition coefficient (Wildman–Crippen LogP) is 2.51. The van der Waals surface area contributed by atoms with Crippen LogP contribution >= 0.6 is 12.4 Å². The average molecular weight is 430 g/mol. The van der Waals surface area contributed by atoms with E-state index in [0.29, 0.717) is 18.8 Å². The number of likely N-dealkylation sites (tertiary alicyclic amines) is 1. The SMILES string of the molecule is Cl.[2H]C([2H])(N1CCN(c2ncccn2)CC1)C([2H])([2H])C([2H])([2H])C([2H])([2H])N1C(=O)CC2(CCCC2)CC1=O. The van der Waals surface area contributed by atoms with Gasteiger partial charge in [0.1, 0.15) is 0 Å². The van der Waals surface area contributed by atoms with Gasteiger partial charge in [-0.2, -0.15) is 0 Å². The van der Waals surface area contributed by atoms with Gasteiger partial charge >= 0.3 is 0 Å². The van der Waals surface area contributed by atoms with E-state index in [0.717, 1.165) is 17.7 Å². The summed E-state index contributed by atoms with van der Waals surface area (Å²) < 4.78 is 68.0. The number of amides is 2. The maximum atomic E-state index is 13.0. The highest BCUT2D eigenvalue weighted by molar-refractivity contribution is 5.98. The molecule has 1 aromatic heterocycles. The van der Waals surface area contributed by atoms with Gasteiger partial charge in [0.2, 0.25) is 17.8 Å². The Bertz CT molecular complexity index is 982. The Balaban J connectivity index is 0.00000380. The number of hydrogen-bond acceptors (Lipinski definition) is 6. The van der Waals surface area contributed by atoms with E-state index in [1.807, 2.05) is 0 Å². The van der Waals surface area contributed by atoms with E-state index in [4.69, 9.17) is 11.0 Å². The summed E-state index contributed by atoms with van der Waals surface area (Å²) in [6.45, 7) is -5.84. The molecule has 1 aliphatic carbocycles. The predicted molar refractivity (Wildman–Crippen MR) is 114 cm³/mol. The molecule has 3 heterocycles. The fourth-order valence-electron chi connectivity index (χ4n) is 4.27. The Morgan fingerprint density at radius 3 is 2.14 bits per heavy atom. The summed E-state index contributed by atoms with van der Waals surface area (Å²) in [6.07, 6.45) is -1.01. The first-order chi connectivity index (χ1) is 16.7. The number of aromatic nitrogens is 2. The lowest BCUT2D eigenvalue weighted by Gasteiger charge is -2.37. The maximum absolute atomic E-state index is 13.0. The molecule has 1 spiro atoms. The van der Waals surface area contributed by atoms with Crippen molar-refractivity contribution in [3.63, 3.8) is 0 Å². The minimum Gasteiger partial charge on any atom is -0.338 e. The first-order valence-corrected chi connectivity index (χ1v) is 9.79. The maximum Gasteiger partial charge on any atom is 0.229 e. The Hall–Kier alpha value is -1.73. The fraction of sp³-hybridized carbons (Fsp3) is 0.714. The van der Waals surface area contributed by atoms with Crippen molar-refractivity contribution in [1.29, 1.82) is 0 Å². The largest absolute Gasteiger partial charge is 0.338 e. The molecule has 0 bridgehead atoms. The number of nitrogens with zero attached hydrogens (tertiary/aromatic N) is 5. The molecule has 2 aliphatic heterocycles. The molecular weight excluding hydrogens is 390 g/mol. The second-order valence-corrected chi connectivity index (χ2v) is 7.68. The summed E-state index contributed by atoms with van der Waals surface area (Å²) in [7, 11) is 0. The van der Waals surface area contributed by atoms with E-state index in [1.165, 1.54) is 0 Å². The van der Waals surface area contributed by atoms with Crippen LogP contribution in [0.1, 0.15) is 62.2 Å². The molecule has 0 aromatic carbocycles. The third-order valence-electron chi connectivity index (χ3n) is 5.77. The van der Waals surface area contributed by atoms with Gasteiger partial charge in [0.05, 0.1) is 0 Å². The highest BCUT2D eigenvalue weighted by Gasteiger charge is 2.44. The van der Waals surface area contributed by atoms with Gasteiger partial charge in [-0.1, -0.05) is 12.8 Å². The molecule has 0 atom stereocenters. The zero-order valence-electron chi connectivity index (χ0n) is 24.3. The molecular formula is C21H32ClN5O2. The number of halogens is 1. The molecule has 8 heteroatoms. The Morgan fingerprint density at radius 2 is 1.52 bits per heavy atom. The Labute approximate surface area is 190 Å². The van der Waals surface area contributed by atoms with E-state index in [-0.39, 0.29) is 56.3 Å². The summed E-state index contributed by atoms with van der Waals surface area (Å²) >= 11 is 0. The van der Waals surface area contributed by atoms with Crippen molar-refractivity contribution >= 4 is 30.2 Å². The van der Waals surface area contributed by atoms with Crippen LogP contribution in [0.3, 0.4) is 0 Å². The number of piperidine rings is 1. The van der Waals surface area contributed by atoms with Crippen molar-refractivity contribution in [3.8, 4) is 0 Å². The highest BCUT2D eigenvalue weighted by Crippen LogP contribution is 2.46. The van der Waals surface area contributed by atoms with Crippen LogP contribution in [0.4, 0.5) is 5.95 Å². The average Bonchev–Trinajstić information content (AvgIpc) is 3.25. The second kappa shape index (κ2) is 9.85. The standard InChI is InChI=1S/C21H31N5O2.ClH/c27-18-16-21(6-1-2-7-21)17-19(28)26(18)11-4-3-10-24-12-14-25(15-13-24)20-22-8-5-9-23-20;/h5,8-9H,1-4,6-7,10-17H2;1H/i3D2,4D2,10D2,11D2;. The van der Waals surface area contributed by atoms with E-state index in [2.05, 4.69) is 9.97 Å². The number of carbonyl (C=O) groups is 2. The molecule has 4 rings (SSSR count). The molecule has 1 aromatic rings. The van der Waals surface area contributed by atoms with Gasteiger partial charge in [-0.05, 0) is 43.6 Å². The van der Waals surface area contributed by atoms with Crippen LogP contribution in [0.5, 0.6) is 0 Å². The first-order valence-electron chi connectivity index (χ1n) is 13.8. The normalized spacial score (nSPS) is 28.3. The monoisotopic (exact) mass is 429 g/mol. The molecule has 29 heavy (non-hydrogen) atoms. The molecule has 0 N–H and O–H groups in total. The highest BCUT2D eigenvalue weighted by atomic mass is 35.5. The third kappa shape index (κ3) is 5.25. The van der Waals surface area contributed by atoms with Crippen LogP contribution in [-0.2, 0) is 9.59 Å². The number of carbonyl (C=O) groups excluding carboxylic acids is 2. The first kappa shape index (κ1) is 13.5. The van der Waals surface area contributed by atoms with Crippen molar-refractivity contribution in [2.45, 2.75) is 51.3 Å². The molecule has 3 fully saturated rings. The molecule has 0 unspecified atom stereocenters. The van der Waals surface area contributed by atoms with Crippen molar-refractivity contribution in [2.75, 3.05) is 44.1 Å². The van der Waals surface area contributed by atoms with Gasteiger partial charge < -0.3 is 4.90 Å². The molecule has 160 valence electrons. The molecule has 3 aliphatic rings. The number of imide groups is 1.